The first-order valence-corrected chi connectivity index (χ1v) is 6.56. The Morgan fingerprint density at radius 3 is 2.50 bits per heavy atom. The fourth-order valence-electron chi connectivity index (χ4n) is 1.40. The van der Waals surface area contributed by atoms with Gasteiger partial charge < -0.3 is 15.2 Å². The van der Waals surface area contributed by atoms with Crippen molar-refractivity contribution in [3.05, 3.63) is 35.4 Å². The fraction of sp³-hybridized carbons (Fsp3) is 0.438. The molecule has 1 aromatic carbocycles. The topological polar surface area (TPSA) is 58.6 Å². The van der Waals surface area contributed by atoms with E-state index in [2.05, 4.69) is 17.2 Å². The maximum atomic E-state index is 11.4. The van der Waals surface area contributed by atoms with E-state index < -0.39 is 11.7 Å². The minimum Gasteiger partial charge on any atom is -0.444 e. The molecule has 0 saturated heterocycles. The van der Waals surface area contributed by atoms with Gasteiger partial charge in [-0.2, -0.15) is 0 Å². The lowest BCUT2D eigenvalue weighted by Crippen LogP contribution is -2.32. The van der Waals surface area contributed by atoms with E-state index in [-0.39, 0.29) is 6.61 Å². The van der Waals surface area contributed by atoms with Crippen molar-refractivity contribution in [1.82, 2.24) is 5.32 Å². The highest BCUT2D eigenvalue weighted by atomic mass is 16.6. The van der Waals surface area contributed by atoms with Crippen molar-refractivity contribution in [2.24, 2.45) is 0 Å². The van der Waals surface area contributed by atoms with Crippen LogP contribution >= 0.6 is 0 Å². The highest BCUT2D eigenvalue weighted by Crippen LogP contribution is 2.06. The predicted octanol–water partition coefficient (Wildman–Crippen LogP) is 2.45. The van der Waals surface area contributed by atoms with Gasteiger partial charge in [-0.25, -0.2) is 4.79 Å². The van der Waals surface area contributed by atoms with E-state index in [1.165, 1.54) is 0 Å². The van der Waals surface area contributed by atoms with Crippen LogP contribution in [0.15, 0.2) is 24.3 Å². The van der Waals surface area contributed by atoms with E-state index in [1.807, 2.05) is 45.0 Å². The van der Waals surface area contributed by atoms with Gasteiger partial charge in [0, 0.05) is 18.5 Å². The Hall–Kier alpha value is -1.99. The van der Waals surface area contributed by atoms with E-state index in [1.54, 1.807) is 0 Å². The second-order valence-corrected chi connectivity index (χ2v) is 5.34. The molecule has 0 spiro atoms. The first-order chi connectivity index (χ1) is 9.40. The second-order valence-electron chi connectivity index (χ2n) is 5.34. The summed E-state index contributed by atoms with van der Waals surface area (Å²) in [5, 5.41) is 11.6. The molecule has 0 aliphatic rings. The summed E-state index contributed by atoms with van der Waals surface area (Å²) in [6, 6.07) is 7.39. The summed E-state index contributed by atoms with van der Waals surface area (Å²) in [5.41, 5.74) is 1.27. The lowest BCUT2D eigenvalue weighted by Gasteiger charge is -2.19. The Labute approximate surface area is 120 Å². The Balaban J connectivity index is 2.30. The zero-order valence-corrected chi connectivity index (χ0v) is 12.2. The monoisotopic (exact) mass is 275 g/mol. The van der Waals surface area contributed by atoms with Crippen molar-refractivity contribution in [2.45, 2.75) is 39.4 Å². The number of carbonyl (C=O) groups excluding carboxylic acids is 1. The van der Waals surface area contributed by atoms with Crippen molar-refractivity contribution in [1.29, 1.82) is 0 Å². The summed E-state index contributed by atoms with van der Waals surface area (Å²) in [6.07, 6.45) is 0.132. The first kappa shape index (κ1) is 16.1. The average Bonchev–Trinajstić information content (AvgIpc) is 2.37. The maximum absolute atomic E-state index is 11.4. The van der Waals surface area contributed by atoms with Crippen LogP contribution in [0.4, 0.5) is 4.79 Å². The van der Waals surface area contributed by atoms with E-state index in [4.69, 9.17) is 9.84 Å². The molecule has 1 aromatic rings. The van der Waals surface area contributed by atoms with Crippen LogP contribution in [-0.4, -0.2) is 23.3 Å². The molecule has 0 saturated carbocycles. The molecule has 0 aliphatic carbocycles. The average molecular weight is 275 g/mol. The van der Waals surface area contributed by atoms with Gasteiger partial charge in [0.05, 0.1) is 6.61 Å². The Morgan fingerprint density at radius 1 is 1.30 bits per heavy atom. The number of hydrogen-bond acceptors (Lipinski definition) is 3. The van der Waals surface area contributed by atoms with Crippen LogP contribution in [0.3, 0.4) is 0 Å². The molecule has 0 radical (unpaired) electrons. The number of hydrogen-bond donors (Lipinski definition) is 2. The number of aliphatic hydroxyl groups is 1. The van der Waals surface area contributed by atoms with Gasteiger partial charge in [0.15, 0.2) is 0 Å². The van der Waals surface area contributed by atoms with Crippen molar-refractivity contribution in [3.8, 4) is 11.8 Å². The van der Waals surface area contributed by atoms with Gasteiger partial charge in [0.25, 0.3) is 0 Å². The SMILES string of the molecule is CC(C)(C)OC(=O)NCCC#Cc1ccc(CO)cc1. The first-order valence-electron chi connectivity index (χ1n) is 6.56. The maximum Gasteiger partial charge on any atom is 0.407 e. The van der Waals surface area contributed by atoms with Crippen molar-refractivity contribution < 1.29 is 14.6 Å². The molecule has 108 valence electrons. The van der Waals surface area contributed by atoms with E-state index >= 15 is 0 Å². The van der Waals surface area contributed by atoms with Crippen molar-refractivity contribution in [3.63, 3.8) is 0 Å². The standard InChI is InChI=1S/C16H21NO3/c1-16(2,3)20-15(19)17-11-5-4-6-13-7-9-14(12-18)10-8-13/h7-10,18H,5,11-12H2,1-3H3,(H,17,19). The van der Waals surface area contributed by atoms with Gasteiger partial charge >= 0.3 is 6.09 Å². The number of alkyl carbamates (subject to hydrolysis) is 1. The molecule has 4 heteroatoms. The third kappa shape index (κ3) is 6.81. The highest BCUT2D eigenvalue weighted by molar-refractivity contribution is 5.67. The molecule has 0 fully saturated rings. The number of carbonyl (C=O) groups is 1. The number of amides is 1. The highest BCUT2D eigenvalue weighted by Gasteiger charge is 2.15. The van der Waals surface area contributed by atoms with Gasteiger partial charge in [-0.3, -0.25) is 0 Å². The van der Waals surface area contributed by atoms with Gasteiger partial charge in [-0.1, -0.05) is 24.0 Å². The molecule has 1 rings (SSSR count). The molecule has 2 N–H and O–H groups in total. The zero-order valence-electron chi connectivity index (χ0n) is 12.2. The largest absolute Gasteiger partial charge is 0.444 e. The summed E-state index contributed by atoms with van der Waals surface area (Å²) in [7, 11) is 0. The minimum atomic E-state index is -0.482. The molecular weight excluding hydrogens is 254 g/mol. The summed E-state index contributed by atoms with van der Waals surface area (Å²) in [6.45, 7) is 5.96. The zero-order chi connectivity index (χ0) is 15.0. The lowest BCUT2D eigenvalue weighted by atomic mass is 10.1. The summed E-state index contributed by atoms with van der Waals surface area (Å²) >= 11 is 0. The third-order valence-electron chi connectivity index (χ3n) is 2.29. The summed E-state index contributed by atoms with van der Waals surface area (Å²) < 4.78 is 5.11. The van der Waals surface area contributed by atoms with Gasteiger partial charge in [0.2, 0.25) is 0 Å². The van der Waals surface area contributed by atoms with E-state index in [0.717, 1.165) is 11.1 Å². The molecule has 0 atom stereocenters. The third-order valence-corrected chi connectivity index (χ3v) is 2.29. The number of nitrogens with one attached hydrogen (secondary N) is 1. The lowest BCUT2D eigenvalue weighted by molar-refractivity contribution is 0.0529. The molecular formula is C16H21NO3. The summed E-state index contributed by atoms with van der Waals surface area (Å²) in [4.78, 5) is 11.4. The molecule has 0 bridgehead atoms. The van der Waals surface area contributed by atoms with E-state index in [0.29, 0.717) is 13.0 Å². The predicted molar refractivity (Wildman–Crippen MR) is 78.1 cm³/mol. The summed E-state index contributed by atoms with van der Waals surface area (Å²) in [5.74, 6) is 5.97. The van der Waals surface area contributed by atoms with Crippen molar-refractivity contribution >= 4 is 6.09 Å². The number of aliphatic hydroxyl groups excluding tert-OH is 1. The van der Waals surface area contributed by atoms with Crippen LogP contribution in [0.1, 0.15) is 38.3 Å². The number of benzene rings is 1. The van der Waals surface area contributed by atoms with Crippen molar-refractivity contribution in [2.75, 3.05) is 6.54 Å². The number of ether oxygens (including phenoxy) is 1. The van der Waals surface area contributed by atoms with Gasteiger partial charge in [-0.15, -0.1) is 0 Å². The fourth-order valence-corrected chi connectivity index (χ4v) is 1.40. The molecule has 0 unspecified atom stereocenters. The van der Waals surface area contributed by atoms with Crippen LogP contribution in [0.5, 0.6) is 0 Å². The molecule has 0 heterocycles. The molecule has 0 aromatic heterocycles. The molecule has 0 aliphatic heterocycles. The Morgan fingerprint density at radius 2 is 1.95 bits per heavy atom. The van der Waals surface area contributed by atoms with Gasteiger partial charge in [0.1, 0.15) is 5.60 Å². The Bertz CT molecular complexity index is 489. The normalized spacial score (nSPS) is 10.4. The van der Waals surface area contributed by atoms with Gasteiger partial charge in [-0.05, 0) is 38.5 Å². The molecule has 20 heavy (non-hydrogen) atoms. The second kappa shape index (κ2) is 7.56. The molecule has 1 amide bonds. The van der Waals surface area contributed by atoms with Crippen LogP contribution in [0.2, 0.25) is 0 Å². The molecule has 4 nitrogen and oxygen atoms in total. The smallest absolute Gasteiger partial charge is 0.407 e. The van der Waals surface area contributed by atoms with E-state index in [9.17, 15) is 4.79 Å². The van der Waals surface area contributed by atoms with Crippen LogP contribution < -0.4 is 5.32 Å². The number of rotatable bonds is 3. The van der Waals surface area contributed by atoms with Crippen LogP contribution in [0.25, 0.3) is 0 Å². The Kier molecular flexibility index (Phi) is 6.08. The minimum absolute atomic E-state index is 0.0352. The van der Waals surface area contributed by atoms with Crippen LogP contribution in [0, 0.1) is 11.8 Å². The van der Waals surface area contributed by atoms with Crippen LogP contribution in [-0.2, 0) is 11.3 Å². The quantitative estimate of drug-likeness (QED) is 0.658.